The summed E-state index contributed by atoms with van der Waals surface area (Å²) in [5.74, 6) is 0.990. The fourth-order valence-electron chi connectivity index (χ4n) is 2.79. The second-order valence-corrected chi connectivity index (χ2v) is 5.66. The number of hydrogen-bond acceptors (Lipinski definition) is 2. The number of hydrogen-bond donors (Lipinski definition) is 1. The van der Waals surface area contributed by atoms with Crippen LogP contribution in [0.2, 0.25) is 0 Å². The van der Waals surface area contributed by atoms with Crippen molar-refractivity contribution in [3.8, 4) is 5.75 Å². The molecule has 3 rings (SSSR count). The van der Waals surface area contributed by atoms with E-state index >= 15 is 0 Å². The molecule has 0 saturated heterocycles. The Morgan fingerprint density at radius 3 is 2.67 bits per heavy atom. The monoisotopic (exact) mass is 281 g/mol. The van der Waals surface area contributed by atoms with E-state index in [-0.39, 0.29) is 6.04 Å². The van der Waals surface area contributed by atoms with Gasteiger partial charge in [0.15, 0.2) is 0 Å². The first-order valence-corrected chi connectivity index (χ1v) is 7.83. The first-order chi connectivity index (χ1) is 10.3. The summed E-state index contributed by atoms with van der Waals surface area (Å²) in [6.07, 6.45) is 3.87. The average molecular weight is 281 g/mol. The predicted molar refractivity (Wildman–Crippen MR) is 86.8 cm³/mol. The number of aryl methyl sites for hydroxylation is 1. The summed E-state index contributed by atoms with van der Waals surface area (Å²) in [5.41, 5.74) is 4.01. The Morgan fingerprint density at radius 1 is 1.14 bits per heavy atom. The molecule has 2 aromatic rings. The van der Waals surface area contributed by atoms with Gasteiger partial charge in [0, 0.05) is 0 Å². The van der Waals surface area contributed by atoms with E-state index in [0.29, 0.717) is 6.10 Å². The molecular formula is C19H23NO. The third-order valence-electron chi connectivity index (χ3n) is 4.05. The van der Waals surface area contributed by atoms with Crippen molar-refractivity contribution in [3.05, 3.63) is 65.2 Å². The van der Waals surface area contributed by atoms with E-state index < -0.39 is 0 Å². The Morgan fingerprint density at radius 2 is 1.95 bits per heavy atom. The van der Waals surface area contributed by atoms with Gasteiger partial charge in [0.05, 0.1) is 12.1 Å². The number of ether oxygens (including phenoxy) is 1. The van der Waals surface area contributed by atoms with Crippen LogP contribution in [0.15, 0.2) is 48.5 Å². The summed E-state index contributed by atoms with van der Waals surface area (Å²) in [6.45, 7) is 2.21. The molecule has 2 heteroatoms. The van der Waals surface area contributed by atoms with E-state index in [9.17, 15) is 0 Å². The molecule has 0 aromatic heterocycles. The smallest absolute Gasteiger partial charge is 0.120 e. The number of rotatable bonds is 6. The fraction of sp³-hybridized carbons (Fsp3) is 0.368. The Balaban J connectivity index is 1.91. The molecule has 1 saturated carbocycles. The first kappa shape index (κ1) is 14.2. The van der Waals surface area contributed by atoms with Crippen LogP contribution in [0.25, 0.3) is 0 Å². The van der Waals surface area contributed by atoms with Crippen molar-refractivity contribution in [3.63, 3.8) is 0 Å². The minimum atomic E-state index is 0.212. The summed E-state index contributed by atoms with van der Waals surface area (Å²) in [6, 6.07) is 17.4. The van der Waals surface area contributed by atoms with E-state index in [1.807, 2.05) is 7.05 Å². The molecule has 1 unspecified atom stereocenters. The van der Waals surface area contributed by atoms with Crippen molar-refractivity contribution in [2.24, 2.45) is 0 Å². The molecule has 1 atom stereocenters. The van der Waals surface area contributed by atoms with Gasteiger partial charge in [-0.15, -0.1) is 0 Å². The van der Waals surface area contributed by atoms with Crippen LogP contribution in [0.4, 0.5) is 0 Å². The normalized spacial score (nSPS) is 15.7. The molecule has 110 valence electrons. The predicted octanol–water partition coefficient (Wildman–Crippen LogP) is 4.10. The largest absolute Gasteiger partial charge is 0.490 e. The molecule has 0 aliphatic heterocycles. The van der Waals surface area contributed by atoms with Crippen molar-refractivity contribution in [2.75, 3.05) is 7.05 Å². The highest BCUT2D eigenvalue weighted by atomic mass is 16.5. The van der Waals surface area contributed by atoms with Gasteiger partial charge >= 0.3 is 0 Å². The Bertz CT molecular complexity index is 604. The third kappa shape index (κ3) is 3.27. The van der Waals surface area contributed by atoms with Gasteiger partial charge in [0.25, 0.3) is 0 Å². The van der Waals surface area contributed by atoms with Gasteiger partial charge in [0.1, 0.15) is 5.75 Å². The summed E-state index contributed by atoms with van der Waals surface area (Å²) >= 11 is 0. The molecule has 1 N–H and O–H groups in total. The van der Waals surface area contributed by atoms with Gasteiger partial charge in [0.2, 0.25) is 0 Å². The van der Waals surface area contributed by atoms with Crippen LogP contribution in [0.1, 0.15) is 42.5 Å². The van der Waals surface area contributed by atoms with Gasteiger partial charge < -0.3 is 10.1 Å². The minimum Gasteiger partial charge on any atom is -0.490 e. The van der Waals surface area contributed by atoms with Gasteiger partial charge in [-0.25, -0.2) is 0 Å². The van der Waals surface area contributed by atoms with Crippen molar-refractivity contribution < 1.29 is 4.74 Å². The summed E-state index contributed by atoms with van der Waals surface area (Å²) in [4.78, 5) is 0. The Kier molecular flexibility index (Phi) is 4.26. The van der Waals surface area contributed by atoms with E-state index in [1.54, 1.807) is 0 Å². The summed E-state index contributed by atoms with van der Waals surface area (Å²) in [7, 11) is 2.02. The molecule has 0 bridgehead atoms. The molecule has 0 spiro atoms. The van der Waals surface area contributed by atoms with Crippen LogP contribution in [-0.2, 0) is 6.42 Å². The lowest BCUT2D eigenvalue weighted by atomic mass is 9.93. The Labute approximate surface area is 127 Å². The standard InChI is InChI=1S/C19H23NO/c1-3-14-7-4-5-10-18(14)19(20-2)15-8-6-9-17(13-15)21-16-11-12-16/h4-10,13,16,19-20H,3,11-12H2,1-2H3. The van der Waals surface area contributed by atoms with Gasteiger partial charge in [-0.2, -0.15) is 0 Å². The quantitative estimate of drug-likeness (QED) is 0.860. The van der Waals surface area contributed by atoms with E-state index in [0.717, 1.165) is 12.2 Å². The van der Waals surface area contributed by atoms with Crippen molar-refractivity contribution in [1.29, 1.82) is 0 Å². The second kappa shape index (κ2) is 6.31. The number of benzene rings is 2. The lowest BCUT2D eigenvalue weighted by molar-refractivity contribution is 0.302. The number of nitrogens with one attached hydrogen (secondary N) is 1. The molecule has 21 heavy (non-hydrogen) atoms. The highest BCUT2D eigenvalue weighted by Crippen LogP contribution is 2.31. The highest BCUT2D eigenvalue weighted by Gasteiger charge is 2.24. The van der Waals surface area contributed by atoms with Crippen molar-refractivity contribution >= 4 is 0 Å². The molecule has 0 heterocycles. The van der Waals surface area contributed by atoms with Crippen molar-refractivity contribution in [2.45, 2.75) is 38.3 Å². The van der Waals surface area contributed by atoms with E-state index in [2.05, 4.69) is 60.8 Å². The summed E-state index contributed by atoms with van der Waals surface area (Å²) < 4.78 is 5.93. The molecule has 1 aliphatic carbocycles. The van der Waals surface area contributed by atoms with Crippen LogP contribution in [0, 0.1) is 0 Å². The average Bonchev–Trinajstić information content (AvgIpc) is 3.33. The van der Waals surface area contributed by atoms with Crippen LogP contribution < -0.4 is 10.1 Å². The highest BCUT2D eigenvalue weighted by molar-refractivity contribution is 5.40. The van der Waals surface area contributed by atoms with Crippen LogP contribution >= 0.6 is 0 Å². The zero-order chi connectivity index (χ0) is 14.7. The molecular weight excluding hydrogens is 258 g/mol. The maximum Gasteiger partial charge on any atom is 0.120 e. The molecule has 2 nitrogen and oxygen atoms in total. The summed E-state index contributed by atoms with van der Waals surface area (Å²) in [5, 5.41) is 3.45. The van der Waals surface area contributed by atoms with Crippen molar-refractivity contribution in [1.82, 2.24) is 5.32 Å². The van der Waals surface area contributed by atoms with Gasteiger partial charge in [-0.05, 0) is 55.1 Å². The Hall–Kier alpha value is -1.80. The van der Waals surface area contributed by atoms with E-state index in [1.165, 1.54) is 29.5 Å². The molecule has 1 aliphatic rings. The molecule has 0 amide bonds. The zero-order valence-corrected chi connectivity index (χ0v) is 12.8. The van der Waals surface area contributed by atoms with Crippen LogP contribution in [0.5, 0.6) is 5.75 Å². The lowest BCUT2D eigenvalue weighted by Crippen LogP contribution is -2.19. The zero-order valence-electron chi connectivity index (χ0n) is 12.8. The van der Waals surface area contributed by atoms with Gasteiger partial charge in [-0.1, -0.05) is 43.3 Å². The SMILES string of the molecule is CCc1ccccc1C(NC)c1cccc(OC2CC2)c1. The van der Waals surface area contributed by atoms with Crippen LogP contribution in [-0.4, -0.2) is 13.2 Å². The first-order valence-electron chi connectivity index (χ1n) is 7.83. The molecule has 1 fully saturated rings. The maximum atomic E-state index is 5.93. The minimum absolute atomic E-state index is 0.212. The second-order valence-electron chi connectivity index (χ2n) is 5.66. The fourth-order valence-corrected chi connectivity index (χ4v) is 2.79. The third-order valence-corrected chi connectivity index (χ3v) is 4.05. The maximum absolute atomic E-state index is 5.93. The van der Waals surface area contributed by atoms with Gasteiger partial charge in [-0.3, -0.25) is 0 Å². The van der Waals surface area contributed by atoms with Crippen LogP contribution in [0.3, 0.4) is 0 Å². The van der Waals surface area contributed by atoms with E-state index in [4.69, 9.17) is 4.74 Å². The topological polar surface area (TPSA) is 21.3 Å². The molecule has 2 aromatic carbocycles. The molecule has 0 radical (unpaired) electrons. The lowest BCUT2D eigenvalue weighted by Gasteiger charge is -2.21.